The fourth-order valence-electron chi connectivity index (χ4n) is 0.615. The first-order chi connectivity index (χ1) is 5.66. The molecule has 0 aliphatic rings. The van der Waals surface area contributed by atoms with Crippen molar-refractivity contribution in [3.8, 4) is 0 Å². The number of carbonyl (C=O) groups is 1. The van der Waals surface area contributed by atoms with Gasteiger partial charge in [0.2, 0.25) is 5.91 Å². The second kappa shape index (κ2) is 7.37. The number of alkyl halides is 1. The predicted molar refractivity (Wildman–Crippen MR) is 49.4 cm³/mol. The summed E-state index contributed by atoms with van der Waals surface area (Å²) in [6, 6.07) is 0. The van der Waals surface area contributed by atoms with Crippen molar-refractivity contribution in [3.63, 3.8) is 0 Å². The molecule has 0 aromatic carbocycles. The van der Waals surface area contributed by atoms with Crippen LogP contribution in [0.25, 0.3) is 0 Å². The zero-order chi connectivity index (χ0) is 9.40. The monoisotopic (exact) mass is 193 g/mol. The molecule has 0 aliphatic carbocycles. The van der Waals surface area contributed by atoms with Crippen molar-refractivity contribution < 1.29 is 9.53 Å². The first-order valence-corrected chi connectivity index (χ1v) is 4.59. The summed E-state index contributed by atoms with van der Waals surface area (Å²) < 4.78 is 5.02. The van der Waals surface area contributed by atoms with E-state index in [4.69, 9.17) is 16.3 Å². The molecule has 4 heteroatoms. The summed E-state index contributed by atoms with van der Waals surface area (Å²) in [7, 11) is 0. The molecule has 0 aromatic heterocycles. The van der Waals surface area contributed by atoms with Gasteiger partial charge in [0.1, 0.15) is 6.61 Å². The summed E-state index contributed by atoms with van der Waals surface area (Å²) in [4.78, 5) is 10.9. The maximum atomic E-state index is 10.9. The highest BCUT2D eigenvalue weighted by atomic mass is 35.5. The van der Waals surface area contributed by atoms with Crippen LogP contribution in [0.3, 0.4) is 0 Å². The lowest BCUT2D eigenvalue weighted by atomic mass is 10.4. The van der Waals surface area contributed by atoms with E-state index in [1.807, 2.05) is 13.8 Å². The van der Waals surface area contributed by atoms with Gasteiger partial charge in [0, 0.05) is 18.5 Å². The molecule has 72 valence electrons. The number of rotatable bonds is 6. The Balaban J connectivity index is 3.22. The molecular formula is C8H16ClNO2. The smallest absolute Gasteiger partial charge is 0.246 e. The summed E-state index contributed by atoms with van der Waals surface area (Å²) in [5.74, 6) is -0.101. The van der Waals surface area contributed by atoms with E-state index in [-0.39, 0.29) is 17.9 Å². The molecule has 0 bridgehead atoms. The van der Waals surface area contributed by atoms with E-state index in [1.165, 1.54) is 0 Å². The van der Waals surface area contributed by atoms with E-state index in [9.17, 15) is 4.79 Å². The third kappa shape index (κ3) is 7.82. The van der Waals surface area contributed by atoms with Crippen molar-refractivity contribution in [2.24, 2.45) is 0 Å². The zero-order valence-corrected chi connectivity index (χ0v) is 8.36. The fraction of sp³-hybridized carbons (Fsp3) is 0.875. The SMILES string of the molecule is CCCOCC(=O)NCC(C)Cl. The van der Waals surface area contributed by atoms with Crippen molar-refractivity contribution in [3.05, 3.63) is 0 Å². The van der Waals surface area contributed by atoms with Crippen molar-refractivity contribution in [2.75, 3.05) is 19.8 Å². The van der Waals surface area contributed by atoms with Crippen LogP contribution in [0.2, 0.25) is 0 Å². The normalized spacial score (nSPS) is 12.6. The van der Waals surface area contributed by atoms with Crippen LogP contribution in [0.5, 0.6) is 0 Å². The third-order valence-corrected chi connectivity index (χ3v) is 1.32. The molecule has 0 aromatic rings. The van der Waals surface area contributed by atoms with Crippen LogP contribution >= 0.6 is 11.6 Å². The lowest BCUT2D eigenvalue weighted by molar-refractivity contribution is -0.125. The molecule has 0 radical (unpaired) electrons. The van der Waals surface area contributed by atoms with E-state index in [0.717, 1.165) is 6.42 Å². The molecule has 3 nitrogen and oxygen atoms in total. The average Bonchev–Trinajstić information content (AvgIpc) is 2.01. The molecule has 0 fully saturated rings. The van der Waals surface area contributed by atoms with Gasteiger partial charge in [0.05, 0.1) is 0 Å². The largest absolute Gasteiger partial charge is 0.372 e. The van der Waals surface area contributed by atoms with Crippen LogP contribution in [0.15, 0.2) is 0 Å². The summed E-state index contributed by atoms with van der Waals surface area (Å²) >= 11 is 5.63. The summed E-state index contributed by atoms with van der Waals surface area (Å²) in [6.07, 6.45) is 0.930. The molecule has 0 rings (SSSR count). The summed E-state index contributed by atoms with van der Waals surface area (Å²) in [5, 5.41) is 2.62. The van der Waals surface area contributed by atoms with Gasteiger partial charge in [-0.15, -0.1) is 11.6 Å². The third-order valence-electron chi connectivity index (χ3n) is 1.16. The lowest BCUT2D eigenvalue weighted by Gasteiger charge is -2.06. The van der Waals surface area contributed by atoms with E-state index in [0.29, 0.717) is 13.2 Å². The molecule has 1 atom stereocenters. The van der Waals surface area contributed by atoms with Gasteiger partial charge in [-0.1, -0.05) is 6.92 Å². The molecule has 0 saturated carbocycles. The zero-order valence-electron chi connectivity index (χ0n) is 7.60. The highest BCUT2D eigenvalue weighted by molar-refractivity contribution is 6.20. The topological polar surface area (TPSA) is 38.3 Å². The molecule has 0 aliphatic heterocycles. The maximum absolute atomic E-state index is 10.9. The van der Waals surface area contributed by atoms with Crippen molar-refractivity contribution in [1.82, 2.24) is 5.32 Å². The molecule has 1 unspecified atom stereocenters. The minimum Gasteiger partial charge on any atom is -0.372 e. The number of amides is 1. The Bertz CT molecular complexity index is 128. The maximum Gasteiger partial charge on any atom is 0.246 e. The Kier molecular flexibility index (Phi) is 7.20. The van der Waals surface area contributed by atoms with Gasteiger partial charge in [-0.05, 0) is 13.3 Å². The Hall–Kier alpha value is -0.280. The molecule has 1 amide bonds. The van der Waals surface area contributed by atoms with Crippen LogP contribution in [0.4, 0.5) is 0 Å². The average molecular weight is 194 g/mol. The Morgan fingerprint density at radius 2 is 2.33 bits per heavy atom. The Labute approximate surface area is 78.4 Å². The summed E-state index contributed by atoms with van der Waals surface area (Å²) in [6.45, 7) is 5.09. The molecule has 0 saturated heterocycles. The first-order valence-electron chi connectivity index (χ1n) is 4.15. The van der Waals surface area contributed by atoms with Gasteiger partial charge in [-0.2, -0.15) is 0 Å². The van der Waals surface area contributed by atoms with Gasteiger partial charge in [-0.25, -0.2) is 0 Å². The number of halogens is 1. The van der Waals surface area contributed by atoms with Gasteiger partial charge in [0.25, 0.3) is 0 Å². The second-order valence-corrected chi connectivity index (χ2v) is 3.38. The van der Waals surface area contributed by atoms with Crippen molar-refractivity contribution in [1.29, 1.82) is 0 Å². The quantitative estimate of drug-likeness (QED) is 0.508. The fourth-order valence-corrected chi connectivity index (χ4v) is 0.692. The van der Waals surface area contributed by atoms with Gasteiger partial charge in [0.15, 0.2) is 0 Å². The number of ether oxygens (including phenoxy) is 1. The number of hydrogen-bond acceptors (Lipinski definition) is 2. The molecule has 0 spiro atoms. The predicted octanol–water partition coefficient (Wildman–Crippen LogP) is 1.16. The van der Waals surface area contributed by atoms with E-state index < -0.39 is 0 Å². The van der Waals surface area contributed by atoms with Crippen LogP contribution in [-0.2, 0) is 9.53 Å². The van der Waals surface area contributed by atoms with Crippen LogP contribution in [0.1, 0.15) is 20.3 Å². The van der Waals surface area contributed by atoms with Gasteiger partial charge >= 0.3 is 0 Å². The standard InChI is InChI=1S/C8H16ClNO2/c1-3-4-12-6-8(11)10-5-7(2)9/h7H,3-6H2,1-2H3,(H,10,11). The summed E-state index contributed by atoms with van der Waals surface area (Å²) in [5.41, 5.74) is 0. The molecule has 12 heavy (non-hydrogen) atoms. The van der Waals surface area contributed by atoms with Crippen molar-refractivity contribution >= 4 is 17.5 Å². The molecular weight excluding hydrogens is 178 g/mol. The molecule has 1 N–H and O–H groups in total. The number of hydrogen-bond donors (Lipinski definition) is 1. The highest BCUT2D eigenvalue weighted by Crippen LogP contribution is 1.89. The second-order valence-electron chi connectivity index (χ2n) is 2.64. The molecule has 0 heterocycles. The first kappa shape index (κ1) is 11.7. The van der Waals surface area contributed by atoms with Gasteiger partial charge in [-0.3, -0.25) is 4.79 Å². The minimum absolute atomic E-state index is 0.0277. The van der Waals surface area contributed by atoms with Crippen LogP contribution in [0, 0.1) is 0 Å². The number of carbonyl (C=O) groups excluding carboxylic acids is 1. The van der Waals surface area contributed by atoms with E-state index in [2.05, 4.69) is 5.32 Å². The van der Waals surface area contributed by atoms with E-state index in [1.54, 1.807) is 0 Å². The van der Waals surface area contributed by atoms with E-state index >= 15 is 0 Å². The highest BCUT2D eigenvalue weighted by Gasteiger charge is 2.01. The van der Waals surface area contributed by atoms with Crippen LogP contribution in [-0.4, -0.2) is 31.0 Å². The Morgan fingerprint density at radius 3 is 2.83 bits per heavy atom. The van der Waals surface area contributed by atoms with Crippen molar-refractivity contribution in [2.45, 2.75) is 25.6 Å². The lowest BCUT2D eigenvalue weighted by Crippen LogP contribution is -2.31. The minimum atomic E-state index is -0.101. The van der Waals surface area contributed by atoms with Gasteiger partial charge < -0.3 is 10.1 Å². The number of nitrogens with one attached hydrogen (secondary N) is 1. The van der Waals surface area contributed by atoms with Crippen LogP contribution < -0.4 is 5.32 Å². The Morgan fingerprint density at radius 1 is 1.67 bits per heavy atom.